The molecule has 0 unspecified atom stereocenters. The first-order valence-corrected chi connectivity index (χ1v) is 10.4. The van der Waals surface area contributed by atoms with Crippen LogP contribution in [0, 0.1) is 5.92 Å². The molecule has 0 saturated heterocycles. The molecule has 170 valence electrons. The molecule has 0 radical (unpaired) electrons. The number of aromatic hydroxyl groups is 1. The Hall–Kier alpha value is -3.43. The van der Waals surface area contributed by atoms with E-state index in [1.54, 1.807) is 37.3 Å². The van der Waals surface area contributed by atoms with Gasteiger partial charge in [-0.3, -0.25) is 19.6 Å². The fraction of sp³-hybridized carbons (Fsp3) is 0.348. The number of hydroxylamine groups is 1. The van der Waals surface area contributed by atoms with Crippen molar-refractivity contribution in [2.45, 2.75) is 44.4 Å². The topological polar surface area (TPSA) is 148 Å². The van der Waals surface area contributed by atoms with Gasteiger partial charge in [0.2, 0.25) is 17.7 Å². The summed E-state index contributed by atoms with van der Waals surface area (Å²) >= 11 is 0. The van der Waals surface area contributed by atoms with E-state index in [4.69, 9.17) is 0 Å². The molecule has 0 bridgehead atoms. The molecule has 0 aromatic heterocycles. The Bertz CT molecular complexity index is 1010. The lowest BCUT2D eigenvalue weighted by atomic mass is 9.89. The lowest BCUT2D eigenvalue weighted by Crippen LogP contribution is -2.58. The van der Waals surface area contributed by atoms with E-state index in [1.165, 1.54) is 11.5 Å². The third kappa shape index (κ3) is 4.90. The smallest absolute Gasteiger partial charge is 0.249 e. The predicted octanol–water partition coefficient (Wildman–Crippen LogP) is 0.859. The molecule has 0 saturated carbocycles. The van der Waals surface area contributed by atoms with Crippen LogP contribution in [0.1, 0.15) is 36.5 Å². The van der Waals surface area contributed by atoms with E-state index in [2.05, 4.69) is 10.6 Å². The number of hydrogen-bond acceptors (Lipinski definition) is 6. The van der Waals surface area contributed by atoms with Crippen LogP contribution in [0.2, 0.25) is 0 Å². The monoisotopic (exact) mass is 441 g/mol. The summed E-state index contributed by atoms with van der Waals surface area (Å²) < 4.78 is 0. The van der Waals surface area contributed by atoms with Crippen LogP contribution in [-0.2, 0) is 33.0 Å². The van der Waals surface area contributed by atoms with Gasteiger partial charge in [0.15, 0.2) is 5.72 Å². The van der Waals surface area contributed by atoms with Crippen LogP contribution in [0.4, 0.5) is 0 Å². The van der Waals surface area contributed by atoms with Crippen molar-refractivity contribution in [3.8, 4) is 5.75 Å². The maximum atomic E-state index is 13.3. The summed E-state index contributed by atoms with van der Waals surface area (Å²) in [6.45, 7) is 1.59. The molecule has 3 rings (SSSR count). The number of aryl methyl sites for hydroxylation is 1. The maximum absolute atomic E-state index is 13.3. The maximum Gasteiger partial charge on any atom is 0.249 e. The molecule has 9 heteroatoms. The van der Waals surface area contributed by atoms with E-state index in [9.17, 15) is 29.8 Å². The summed E-state index contributed by atoms with van der Waals surface area (Å²) in [5, 5.41) is 35.6. The first-order chi connectivity index (χ1) is 15.3. The quantitative estimate of drug-likeness (QED) is 0.203. The highest BCUT2D eigenvalue weighted by atomic mass is 16.5. The molecular formula is C23H27N3O6. The molecule has 0 fully saturated rings. The van der Waals surface area contributed by atoms with Gasteiger partial charge < -0.3 is 20.8 Å². The second kappa shape index (κ2) is 9.80. The van der Waals surface area contributed by atoms with Crippen molar-refractivity contribution in [3.63, 3.8) is 0 Å². The number of aliphatic hydroxyl groups is 1. The molecular weight excluding hydrogens is 414 g/mol. The van der Waals surface area contributed by atoms with Crippen LogP contribution in [0.15, 0.2) is 48.5 Å². The Labute approximate surface area is 185 Å². The van der Waals surface area contributed by atoms with E-state index >= 15 is 0 Å². The molecule has 2 aromatic carbocycles. The normalized spacial score (nSPS) is 18.8. The average Bonchev–Trinajstić information content (AvgIpc) is 3.13. The Balaban J connectivity index is 1.92. The summed E-state index contributed by atoms with van der Waals surface area (Å²) in [5.74, 6) is -3.53. The molecule has 0 spiro atoms. The van der Waals surface area contributed by atoms with Crippen LogP contribution in [0.3, 0.4) is 0 Å². The van der Waals surface area contributed by atoms with Crippen molar-refractivity contribution in [2.24, 2.45) is 5.92 Å². The van der Waals surface area contributed by atoms with Gasteiger partial charge in [0.1, 0.15) is 11.8 Å². The van der Waals surface area contributed by atoms with Gasteiger partial charge in [0, 0.05) is 18.4 Å². The zero-order valence-corrected chi connectivity index (χ0v) is 17.7. The molecule has 9 nitrogen and oxygen atoms in total. The minimum Gasteiger partial charge on any atom is -0.508 e. The molecule has 3 amide bonds. The highest BCUT2D eigenvalue weighted by molar-refractivity contribution is 5.93. The summed E-state index contributed by atoms with van der Waals surface area (Å²) in [6.07, 6.45) is 0.706. The zero-order valence-electron chi connectivity index (χ0n) is 17.7. The van der Waals surface area contributed by atoms with Gasteiger partial charge in [0.05, 0.1) is 5.92 Å². The second-order valence-electron chi connectivity index (χ2n) is 7.82. The minimum absolute atomic E-state index is 0.0565. The van der Waals surface area contributed by atoms with Crippen molar-refractivity contribution in [3.05, 3.63) is 65.2 Å². The first-order valence-electron chi connectivity index (χ1n) is 10.4. The minimum atomic E-state index is -1.65. The van der Waals surface area contributed by atoms with Crippen molar-refractivity contribution in [1.29, 1.82) is 0 Å². The number of rotatable bonds is 8. The predicted molar refractivity (Wildman–Crippen MR) is 114 cm³/mol. The van der Waals surface area contributed by atoms with Gasteiger partial charge in [0.25, 0.3) is 0 Å². The van der Waals surface area contributed by atoms with E-state index in [-0.39, 0.29) is 25.0 Å². The van der Waals surface area contributed by atoms with Gasteiger partial charge >= 0.3 is 0 Å². The number of phenolic OH excluding ortho intramolecular Hbond substituents is 1. The number of phenols is 1. The summed E-state index contributed by atoms with van der Waals surface area (Å²) in [6, 6.07) is 12.0. The van der Waals surface area contributed by atoms with Crippen molar-refractivity contribution < 1.29 is 29.8 Å². The summed E-state index contributed by atoms with van der Waals surface area (Å²) in [4.78, 5) is 38.0. The van der Waals surface area contributed by atoms with E-state index in [1.807, 2.05) is 12.1 Å². The van der Waals surface area contributed by atoms with Crippen LogP contribution in [0.5, 0.6) is 5.75 Å². The van der Waals surface area contributed by atoms with Gasteiger partial charge in [-0.1, -0.05) is 49.4 Å². The Morgan fingerprint density at radius 3 is 2.44 bits per heavy atom. The molecule has 0 heterocycles. The number of hydrogen-bond donors (Lipinski definition) is 6. The Morgan fingerprint density at radius 2 is 1.75 bits per heavy atom. The van der Waals surface area contributed by atoms with Crippen LogP contribution < -0.4 is 16.1 Å². The number of amides is 3. The third-order valence-electron chi connectivity index (χ3n) is 5.75. The molecule has 6 N–H and O–H groups in total. The lowest BCUT2D eigenvalue weighted by Gasteiger charge is -2.31. The number of benzene rings is 2. The standard InChI is InChI=1S/C23H27N3O6/c1-2-19(28)24-20(16(21(29)26-32)13-15-8-4-6-10-18(15)27)22(30)25-23(31)12-11-14-7-3-5-9-17(14)23/h3-10,16,20,27,31-32H,2,11-13H2,1H3,(H,24,28)(H,25,30)(H,26,29)/t16-,20+,23-/m0/s1. The highest BCUT2D eigenvalue weighted by Gasteiger charge is 2.42. The molecule has 1 aliphatic rings. The fourth-order valence-electron chi connectivity index (χ4n) is 3.99. The van der Waals surface area contributed by atoms with Crippen molar-refractivity contribution in [2.75, 3.05) is 0 Å². The van der Waals surface area contributed by atoms with Gasteiger partial charge in [-0.05, 0) is 30.0 Å². The lowest BCUT2D eigenvalue weighted by molar-refractivity contribution is -0.143. The van der Waals surface area contributed by atoms with Crippen LogP contribution in [0.25, 0.3) is 0 Å². The number of carbonyl (C=O) groups is 3. The summed E-state index contributed by atoms with van der Waals surface area (Å²) in [7, 11) is 0. The van der Waals surface area contributed by atoms with E-state index in [0.29, 0.717) is 17.5 Å². The van der Waals surface area contributed by atoms with E-state index < -0.39 is 35.4 Å². The highest BCUT2D eigenvalue weighted by Crippen LogP contribution is 2.35. The molecule has 0 aliphatic heterocycles. The largest absolute Gasteiger partial charge is 0.508 e. The van der Waals surface area contributed by atoms with Gasteiger partial charge in [-0.15, -0.1) is 0 Å². The van der Waals surface area contributed by atoms with Crippen LogP contribution >= 0.6 is 0 Å². The third-order valence-corrected chi connectivity index (χ3v) is 5.75. The molecule has 2 aromatic rings. The van der Waals surface area contributed by atoms with Crippen LogP contribution in [-0.4, -0.2) is 39.2 Å². The fourth-order valence-corrected chi connectivity index (χ4v) is 3.99. The SMILES string of the molecule is CCC(=O)N[C@@H](C(=O)N[C@]1(O)CCc2ccccc21)[C@H](Cc1ccccc1O)C(=O)NO. The van der Waals surface area contributed by atoms with Crippen molar-refractivity contribution >= 4 is 17.7 Å². The van der Waals surface area contributed by atoms with Gasteiger partial charge in [-0.2, -0.15) is 0 Å². The molecule has 32 heavy (non-hydrogen) atoms. The molecule has 1 aliphatic carbocycles. The first kappa shape index (κ1) is 23.2. The Kier molecular flexibility index (Phi) is 7.12. The number of nitrogens with one attached hydrogen (secondary N) is 3. The van der Waals surface area contributed by atoms with E-state index in [0.717, 1.165) is 5.56 Å². The number of carbonyl (C=O) groups excluding carboxylic acids is 3. The van der Waals surface area contributed by atoms with Crippen molar-refractivity contribution in [1.82, 2.24) is 16.1 Å². The second-order valence-corrected chi connectivity index (χ2v) is 7.82. The number of para-hydroxylation sites is 1. The zero-order chi connectivity index (χ0) is 23.3. The summed E-state index contributed by atoms with van der Waals surface area (Å²) in [5.41, 5.74) is 1.68. The van der Waals surface area contributed by atoms with Gasteiger partial charge in [-0.25, -0.2) is 5.48 Å². The molecule has 3 atom stereocenters. The average molecular weight is 441 g/mol. The number of fused-ring (bicyclic) bond motifs is 1. The Morgan fingerprint density at radius 1 is 1.06 bits per heavy atom.